The molecule has 0 spiro atoms. The number of esters is 1. The van der Waals surface area contributed by atoms with E-state index in [1.54, 1.807) is 24.3 Å². The second-order valence-electron chi connectivity index (χ2n) is 5.76. The van der Waals surface area contributed by atoms with Gasteiger partial charge in [-0.3, -0.25) is 10.1 Å². The molecule has 0 bridgehead atoms. The van der Waals surface area contributed by atoms with Gasteiger partial charge in [-0.05, 0) is 37.1 Å². The van der Waals surface area contributed by atoms with Crippen LogP contribution in [-0.4, -0.2) is 37.2 Å². The van der Waals surface area contributed by atoms with Gasteiger partial charge >= 0.3 is 12.0 Å². The van der Waals surface area contributed by atoms with E-state index in [1.807, 2.05) is 0 Å². The summed E-state index contributed by atoms with van der Waals surface area (Å²) in [6.45, 7) is -0.843. The molecule has 2 rings (SSSR count). The highest BCUT2D eigenvalue weighted by molar-refractivity contribution is 9.10. The Bertz CT molecular complexity index is 600. The van der Waals surface area contributed by atoms with Gasteiger partial charge in [0.05, 0.1) is 0 Å². The molecule has 0 heterocycles. The predicted molar refractivity (Wildman–Crippen MR) is 94.1 cm³/mol. The van der Waals surface area contributed by atoms with Crippen molar-refractivity contribution in [1.82, 2.24) is 10.6 Å². The highest BCUT2D eigenvalue weighted by Gasteiger charge is 2.17. The predicted octanol–water partition coefficient (Wildman–Crippen LogP) is 2.53. The summed E-state index contributed by atoms with van der Waals surface area (Å²) < 4.78 is 10.9. The van der Waals surface area contributed by atoms with Crippen molar-refractivity contribution in [3.05, 3.63) is 28.7 Å². The van der Waals surface area contributed by atoms with Gasteiger partial charge in [0.15, 0.2) is 13.2 Å². The van der Waals surface area contributed by atoms with E-state index in [0.29, 0.717) is 5.75 Å². The molecule has 25 heavy (non-hydrogen) atoms. The van der Waals surface area contributed by atoms with Gasteiger partial charge in [-0.1, -0.05) is 35.2 Å². The van der Waals surface area contributed by atoms with Crippen LogP contribution in [0.5, 0.6) is 5.75 Å². The fraction of sp³-hybridized carbons (Fsp3) is 0.471. The van der Waals surface area contributed by atoms with E-state index in [-0.39, 0.29) is 12.6 Å². The Labute approximate surface area is 154 Å². The minimum absolute atomic E-state index is 0.100. The van der Waals surface area contributed by atoms with Gasteiger partial charge in [-0.25, -0.2) is 9.59 Å². The summed E-state index contributed by atoms with van der Waals surface area (Å²) in [4.78, 5) is 34.9. The maximum atomic E-state index is 11.7. The molecule has 3 amide bonds. The molecule has 1 aliphatic carbocycles. The summed E-state index contributed by atoms with van der Waals surface area (Å²) in [5.74, 6) is -0.854. The third kappa shape index (κ3) is 7.55. The molecule has 1 aliphatic rings. The molecule has 0 unspecified atom stereocenters. The zero-order chi connectivity index (χ0) is 18.1. The summed E-state index contributed by atoms with van der Waals surface area (Å²) in [6, 6.07) is 6.49. The van der Waals surface area contributed by atoms with Crippen molar-refractivity contribution in [2.45, 2.75) is 38.1 Å². The standard InChI is InChI=1S/C17H21BrN2O5/c18-12-6-8-14(9-7-12)24-11-16(22)25-10-15(21)20-17(23)19-13-4-2-1-3-5-13/h6-9,13H,1-5,10-11H2,(H2,19,20,21,23). The molecule has 0 aromatic heterocycles. The Morgan fingerprint density at radius 2 is 1.72 bits per heavy atom. The molecule has 0 atom stereocenters. The molecule has 0 saturated heterocycles. The maximum absolute atomic E-state index is 11.7. The SMILES string of the molecule is O=C(COC(=O)COc1ccc(Br)cc1)NC(=O)NC1CCCCC1. The molecular formula is C17H21BrN2O5. The number of benzene rings is 1. The molecule has 2 N–H and O–H groups in total. The van der Waals surface area contributed by atoms with Gasteiger partial charge in [-0.15, -0.1) is 0 Å². The molecule has 0 aliphatic heterocycles. The Morgan fingerprint density at radius 3 is 2.40 bits per heavy atom. The quantitative estimate of drug-likeness (QED) is 0.700. The van der Waals surface area contributed by atoms with E-state index >= 15 is 0 Å². The average Bonchev–Trinajstić information content (AvgIpc) is 2.60. The highest BCUT2D eigenvalue weighted by atomic mass is 79.9. The number of carbonyl (C=O) groups excluding carboxylic acids is 3. The van der Waals surface area contributed by atoms with Crippen LogP contribution in [0.1, 0.15) is 32.1 Å². The summed E-state index contributed by atoms with van der Waals surface area (Å²) in [5, 5.41) is 4.90. The number of rotatable bonds is 6. The van der Waals surface area contributed by atoms with Crippen molar-refractivity contribution in [3.8, 4) is 5.75 Å². The topological polar surface area (TPSA) is 93.7 Å². The van der Waals surface area contributed by atoms with Crippen LogP contribution in [0.15, 0.2) is 28.7 Å². The zero-order valence-electron chi connectivity index (χ0n) is 13.8. The lowest BCUT2D eigenvalue weighted by Gasteiger charge is -2.22. The summed E-state index contributed by atoms with van der Waals surface area (Å²) in [6.07, 6.45) is 5.18. The number of hydrogen-bond acceptors (Lipinski definition) is 5. The Balaban J connectivity index is 1.60. The molecule has 0 radical (unpaired) electrons. The molecule has 1 aromatic carbocycles. The van der Waals surface area contributed by atoms with E-state index in [0.717, 1.165) is 30.2 Å². The van der Waals surface area contributed by atoms with Gasteiger partial charge in [0, 0.05) is 10.5 Å². The first-order valence-corrected chi connectivity index (χ1v) is 8.96. The van der Waals surface area contributed by atoms with E-state index in [9.17, 15) is 14.4 Å². The first-order valence-electron chi connectivity index (χ1n) is 8.17. The van der Waals surface area contributed by atoms with Crippen LogP contribution in [0.4, 0.5) is 4.79 Å². The van der Waals surface area contributed by atoms with E-state index < -0.39 is 24.5 Å². The van der Waals surface area contributed by atoms with Crippen LogP contribution in [0.25, 0.3) is 0 Å². The largest absolute Gasteiger partial charge is 0.482 e. The number of carbonyl (C=O) groups is 3. The number of amides is 3. The Kier molecular flexibility index (Phi) is 7.72. The van der Waals surface area contributed by atoms with E-state index in [2.05, 4.69) is 26.6 Å². The number of ether oxygens (including phenoxy) is 2. The van der Waals surface area contributed by atoms with Gasteiger partial charge in [0.2, 0.25) is 0 Å². The van der Waals surface area contributed by atoms with Crippen molar-refractivity contribution < 1.29 is 23.9 Å². The second kappa shape index (κ2) is 10.0. The molecule has 1 fully saturated rings. The van der Waals surface area contributed by atoms with Crippen LogP contribution in [0.3, 0.4) is 0 Å². The molecule has 1 aromatic rings. The fourth-order valence-electron chi connectivity index (χ4n) is 2.49. The third-order valence-electron chi connectivity index (χ3n) is 3.73. The van der Waals surface area contributed by atoms with E-state index in [4.69, 9.17) is 9.47 Å². The smallest absolute Gasteiger partial charge is 0.344 e. The van der Waals surface area contributed by atoms with Crippen LogP contribution in [-0.2, 0) is 14.3 Å². The zero-order valence-corrected chi connectivity index (χ0v) is 15.3. The first-order chi connectivity index (χ1) is 12.0. The highest BCUT2D eigenvalue weighted by Crippen LogP contribution is 2.17. The third-order valence-corrected chi connectivity index (χ3v) is 4.26. The number of halogens is 1. The minimum atomic E-state index is -0.689. The molecule has 1 saturated carbocycles. The molecule has 136 valence electrons. The molecule has 7 nitrogen and oxygen atoms in total. The summed E-state index contributed by atoms with van der Waals surface area (Å²) in [5.41, 5.74) is 0. The maximum Gasteiger partial charge on any atom is 0.344 e. The number of hydrogen-bond donors (Lipinski definition) is 2. The molecule has 8 heteroatoms. The monoisotopic (exact) mass is 412 g/mol. The number of urea groups is 1. The van der Waals surface area contributed by atoms with Gasteiger partial charge in [0.1, 0.15) is 5.75 Å². The normalized spacial score (nSPS) is 14.4. The van der Waals surface area contributed by atoms with Crippen LogP contribution in [0, 0.1) is 0 Å². The average molecular weight is 413 g/mol. The fourth-order valence-corrected chi connectivity index (χ4v) is 2.76. The molecular weight excluding hydrogens is 392 g/mol. The first kappa shape index (κ1) is 19.2. The lowest BCUT2D eigenvalue weighted by atomic mass is 9.96. The van der Waals surface area contributed by atoms with Gasteiger partial charge < -0.3 is 14.8 Å². The van der Waals surface area contributed by atoms with Crippen molar-refractivity contribution in [1.29, 1.82) is 0 Å². The second-order valence-corrected chi connectivity index (χ2v) is 6.68. The summed E-state index contributed by atoms with van der Waals surface area (Å²) >= 11 is 3.29. The lowest BCUT2D eigenvalue weighted by Crippen LogP contribution is -2.46. The Morgan fingerprint density at radius 1 is 1.04 bits per heavy atom. The van der Waals surface area contributed by atoms with Crippen molar-refractivity contribution >= 4 is 33.8 Å². The summed E-state index contributed by atoms with van der Waals surface area (Å²) in [7, 11) is 0. The number of nitrogens with one attached hydrogen (secondary N) is 2. The van der Waals surface area contributed by atoms with Gasteiger partial charge in [-0.2, -0.15) is 0 Å². The van der Waals surface area contributed by atoms with Gasteiger partial charge in [0.25, 0.3) is 5.91 Å². The lowest BCUT2D eigenvalue weighted by molar-refractivity contribution is -0.150. The van der Waals surface area contributed by atoms with E-state index in [1.165, 1.54) is 6.42 Å². The van der Waals surface area contributed by atoms with Crippen LogP contribution in [0.2, 0.25) is 0 Å². The van der Waals surface area contributed by atoms with Crippen molar-refractivity contribution in [2.24, 2.45) is 0 Å². The van der Waals surface area contributed by atoms with Crippen molar-refractivity contribution in [2.75, 3.05) is 13.2 Å². The number of imide groups is 1. The van der Waals surface area contributed by atoms with Crippen molar-refractivity contribution in [3.63, 3.8) is 0 Å². The van der Waals surface area contributed by atoms with Crippen LogP contribution < -0.4 is 15.4 Å². The Hall–Kier alpha value is -2.09. The minimum Gasteiger partial charge on any atom is -0.482 e. The van der Waals surface area contributed by atoms with Crippen LogP contribution >= 0.6 is 15.9 Å².